The number of rotatable bonds is 4. The van der Waals surface area contributed by atoms with E-state index < -0.39 is 0 Å². The number of hydrogen-bond acceptors (Lipinski definition) is 5. The lowest BCUT2D eigenvalue weighted by Crippen LogP contribution is -2.46. The molecule has 0 saturated carbocycles. The molecule has 9 heteroatoms. The van der Waals surface area contributed by atoms with Crippen molar-refractivity contribution in [1.82, 2.24) is 30.2 Å². The van der Waals surface area contributed by atoms with Crippen LogP contribution in [0, 0.1) is 5.41 Å². The summed E-state index contributed by atoms with van der Waals surface area (Å²) in [6.07, 6.45) is 5.78. The number of ketones is 1. The highest BCUT2D eigenvalue weighted by Gasteiger charge is 2.43. The Bertz CT molecular complexity index is 1340. The molecule has 2 amide bonds. The monoisotopic (exact) mass is 490 g/mol. The summed E-state index contributed by atoms with van der Waals surface area (Å²) in [4.78, 5) is 40.5. The number of carbonyl (C=O) groups excluding carboxylic acids is 3. The van der Waals surface area contributed by atoms with Crippen LogP contribution in [0.25, 0.3) is 10.9 Å². The van der Waals surface area contributed by atoms with Crippen LogP contribution in [-0.4, -0.2) is 62.1 Å². The van der Waals surface area contributed by atoms with Crippen molar-refractivity contribution in [3.8, 4) is 0 Å². The molecule has 2 aromatic heterocycles. The van der Waals surface area contributed by atoms with Crippen LogP contribution in [-0.2, 0) is 12.0 Å². The number of likely N-dealkylation sites (tertiary alicyclic amines) is 1. The van der Waals surface area contributed by atoms with Gasteiger partial charge < -0.3 is 10.2 Å². The third-order valence-corrected chi connectivity index (χ3v) is 7.51. The molecular formula is C27H34N6O3. The van der Waals surface area contributed by atoms with Crippen LogP contribution in [0.1, 0.15) is 90.3 Å². The molecule has 0 unspecified atom stereocenters. The van der Waals surface area contributed by atoms with Gasteiger partial charge in [-0.2, -0.15) is 10.2 Å². The first-order chi connectivity index (χ1) is 17.1. The van der Waals surface area contributed by atoms with E-state index in [0.29, 0.717) is 53.9 Å². The molecule has 5 rings (SSSR count). The van der Waals surface area contributed by atoms with E-state index in [4.69, 9.17) is 0 Å². The third kappa shape index (κ3) is 4.31. The molecule has 0 bridgehead atoms. The van der Waals surface area contributed by atoms with Crippen LogP contribution in [0.5, 0.6) is 0 Å². The number of hydrogen-bond donors (Lipinski definition) is 2. The molecular weight excluding hydrogens is 456 g/mol. The number of amides is 2. The minimum absolute atomic E-state index is 0.0401. The molecule has 3 aromatic rings. The Morgan fingerprint density at radius 3 is 2.61 bits per heavy atom. The molecule has 1 fully saturated rings. The number of nitrogens with zero attached hydrogens (tertiary/aromatic N) is 4. The summed E-state index contributed by atoms with van der Waals surface area (Å²) in [5, 5.41) is 15.2. The Kier molecular flexibility index (Phi) is 5.97. The van der Waals surface area contributed by atoms with Crippen LogP contribution >= 0.6 is 0 Å². The van der Waals surface area contributed by atoms with E-state index in [1.165, 1.54) is 0 Å². The topological polar surface area (TPSA) is 113 Å². The van der Waals surface area contributed by atoms with Crippen LogP contribution < -0.4 is 5.32 Å². The fourth-order valence-corrected chi connectivity index (χ4v) is 5.38. The lowest BCUT2D eigenvalue weighted by atomic mass is 9.67. The van der Waals surface area contributed by atoms with Gasteiger partial charge in [0.1, 0.15) is 5.69 Å². The first-order valence-corrected chi connectivity index (χ1v) is 12.8. The lowest BCUT2D eigenvalue weighted by Gasteiger charge is -2.43. The summed E-state index contributed by atoms with van der Waals surface area (Å²) in [5.74, 6) is -0.147. The summed E-state index contributed by atoms with van der Waals surface area (Å²) in [6.45, 7) is 10.1. The highest BCUT2D eigenvalue weighted by molar-refractivity contribution is 6.06. The zero-order valence-corrected chi connectivity index (χ0v) is 21.5. The fraction of sp³-hybridized carbons (Fsp3) is 0.519. The number of benzene rings is 1. The number of aromatic amines is 1. The summed E-state index contributed by atoms with van der Waals surface area (Å²) in [6, 6.07) is 5.31. The molecule has 1 saturated heterocycles. The van der Waals surface area contributed by atoms with Gasteiger partial charge in [0.2, 0.25) is 0 Å². The molecule has 36 heavy (non-hydrogen) atoms. The highest BCUT2D eigenvalue weighted by atomic mass is 16.2. The smallest absolute Gasteiger partial charge is 0.272 e. The average molecular weight is 491 g/mol. The lowest BCUT2D eigenvalue weighted by molar-refractivity contribution is 0.0519. The average Bonchev–Trinajstić information content (AvgIpc) is 3.47. The largest absolute Gasteiger partial charge is 0.351 e. The maximum Gasteiger partial charge on any atom is 0.272 e. The first kappa shape index (κ1) is 24.2. The zero-order chi connectivity index (χ0) is 25.7. The number of H-pyrrole nitrogens is 1. The zero-order valence-electron chi connectivity index (χ0n) is 21.5. The van der Waals surface area contributed by atoms with Crippen molar-refractivity contribution in [2.45, 2.75) is 65.3 Å². The molecule has 2 N–H and O–H groups in total. The van der Waals surface area contributed by atoms with Crippen molar-refractivity contribution >= 4 is 28.5 Å². The number of Topliss-reactive ketones (excluding diaryl/α,β-unsaturated/α-hetero) is 1. The van der Waals surface area contributed by atoms with Crippen molar-refractivity contribution in [3.63, 3.8) is 0 Å². The molecule has 190 valence electrons. The molecule has 2 aliphatic rings. The van der Waals surface area contributed by atoms with Crippen LogP contribution in [0.3, 0.4) is 0 Å². The normalized spacial score (nSPS) is 17.4. The number of aromatic nitrogens is 4. The minimum atomic E-state index is -0.221. The number of piperidine rings is 1. The minimum Gasteiger partial charge on any atom is -0.351 e. The van der Waals surface area contributed by atoms with E-state index in [9.17, 15) is 14.4 Å². The molecule has 3 heterocycles. The van der Waals surface area contributed by atoms with Crippen molar-refractivity contribution in [2.24, 2.45) is 5.41 Å². The van der Waals surface area contributed by atoms with Gasteiger partial charge in [-0.05, 0) is 70.1 Å². The van der Waals surface area contributed by atoms with Gasteiger partial charge in [-0.1, -0.05) is 6.92 Å². The van der Waals surface area contributed by atoms with E-state index in [1.54, 1.807) is 18.2 Å². The van der Waals surface area contributed by atoms with Crippen molar-refractivity contribution < 1.29 is 14.4 Å². The SMILES string of the molecule is CCCNC(=O)c1n[nH]c2cc(C(=O)N3CCC4(CC3)CC(=O)c3nn(C(C)(C)C)cc3C4)ccc12. The molecule has 1 aliphatic heterocycles. The predicted molar refractivity (Wildman–Crippen MR) is 136 cm³/mol. The van der Waals surface area contributed by atoms with Gasteiger partial charge in [-0.25, -0.2) is 0 Å². The first-order valence-electron chi connectivity index (χ1n) is 12.8. The summed E-state index contributed by atoms with van der Waals surface area (Å²) < 4.78 is 1.90. The molecule has 0 atom stereocenters. The van der Waals surface area contributed by atoms with E-state index in [1.807, 2.05) is 22.7 Å². The Labute approximate surface area is 210 Å². The second-order valence-corrected chi connectivity index (χ2v) is 11.3. The Morgan fingerprint density at radius 2 is 1.92 bits per heavy atom. The number of carbonyl (C=O) groups is 3. The molecule has 1 aliphatic carbocycles. The maximum atomic E-state index is 13.3. The van der Waals surface area contributed by atoms with Crippen molar-refractivity contribution in [3.05, 3.63) is 46.9 Å². The maximum absolute atomic E-state index is 13.3. The highest BCUT2D eigenvalue weighted by Crippen LogP contribution is 2.43. The molecule has 0 radical (unpaired) electrons. The Balaban J connectivity index is 1.28. The number of nitrogens with one attached hydrogen (secondary N) is 2. The van der Waals surface area contributed by atoms with Gasteiger partial charge in [0, 0.05) is 48.8 Å². The third-order valence-electron chi connectivity index (χ3n) is 7.51. The number of fused-ring (bicyclic) bond motifs is 2. The predicted octanol–water partition coefficient (Wildman–Crippen LogP) is 3.71. The van der Waals surface area contributed by atoms with Crippen molar-refractivity contribution in [1.29, 1.82) is 0 Å². The van der Waals surface area contributed by atoms with Gasteiger partial charge >= 0.3 is 0 Å². The van der Waals surface area contributed by atoms with Gasteiger partial charge in [0.15, 0.2) is 11.5 Å². The van der Waals surface area contributed by atoms with E-state index in [0.717, 1.165) is 31.2 Å². The van der Waals surface area contributed by atoms with E-state index >= 15 is 0 Å². The van der Waals surface area contributed by atoms with Crippen molar-refractivity contribution in [2.75, 3.05) is 19.6 Å². The summed E-state index contributed by atoms with van der Waals surface area (Å²) in [7, 11) is 0. The summed E-state index contributed by atoms with van der Waals surface area (Å²) >= 11 is 0. The van der Waals surface area contributed by atoms with Gasteiger partial charge in [-0.3, -0.25) is 24.2 Å². The van der Waals surface area contributed by atoms with Crippen LogP contribution in [0.4, 0.5) is 0 Å². The van der Waals surface area contributed by atoms with Gasteiger partial charge in [0.05, 0.1) is 11.1 Å². The molecule has 1 aromatic carbocycles. The van der Waals surface area contributed by atoms with Gasteiger partial charge in [-0.15, -0.1) is 0 Å². The molecule has 9 nitrogen and oxygen atoms in total. The Hall–Kier alpha value is -3.49. The quantitative estimate of drug-likeness (QED) is 0.579. The second-order valence-electron chi connectivity index (χ2n) is 11.3. The second kappa shape index (κ2) is 8.87. The van der Waals surface area contributed by atoms with E-state index in [-0.39, 0.29) is 28.6 Å². The fourth-order valence-electron chi connectivity index (χ4n) is 5.38. The van der Waals surface area contributed by atoms with Crippen LogP contribution in [0.15, 0.2) is 24.4 Å². The van der Waals surface area contributed by atoms with Gasteiger partial charge in [0.25, 0.3) is 11.8 Å². The molecule has 1 spiro atoms. The summed E-state index contributed by atoms with van der Waals surface area (Å²) in [5.41, 5.74) is 2.94. The standard InChI is InChI=1S/C27H34N6O3/c1-5-10-28-24(35)23-19-7-6-17(13-20(19)29-30-23)25(36)32-11-8-27(9-12-32)14-18-16-33(26(2,3)4)31-22(18)21(34)15-27/h6-7,13,16H,5,8-12,14-15H2,1-4H3,(H,28,35)(H,29,30). The Morgan fingerprint density at radius 1 is 1.17 bits per heavy atom. The van der Waals surface area contributed by atoms with E-state index in [2.05, 4.69) is 41.4 Å². The van der Waals surface area contributed by atoms with Crippen LogP contribution in [0.2, 0.25) is 0 Å².